The van der Waals surface area contributed by atoms with E-state index >= 15 is 0 Å². The van der Waals surface area contributed by atoms with E-state index in [2.05, 4.69) is 22.3 Å². The summed E-state index contributed by atoms with van der Waals surface area (Å²) in [6.45, 7) is 3.69. The molecule has 1 aliphatic heterocycles. The number of hydrogen-bond acceptors (Lipinski definition) is 3. The molecule has 8 heteroatoms. The molecule has 1 heterocycles. The number of rotatable bonds is 5. The van der Waals surface area contributed by atoms with Gasteiger partial charge in [-0.05, 0) is 41.9 Å². The number of carbonyl (C=O) groups excluding carboxylic acids is 1. The largest absolute Gasteiger partial charge is 0.446 e. The van der Waals surface area contributed by atoms with Gasteiger partial charge in [0.2, 0.25) is 0 Å². The third-order valence-corrected chi connectivity index (χ3v) is 5.26. The third kappa shape index (κ3) is 6.45. The van der Waals surface area contributed by atoms with E-state index in [1.54, 1.807) is 11.0 Å². The Morgan fingerprint density at radius 2 is 1.71 bits per heavy atom. The lowest BCUT2D eigenvalue weighted by Crippen LogP contribution is -2.50. The highest BCUT2D eigenvalue weighted by Gasteiger charge is 2.29. The number of alkyl halides is 3. The Labute approximate surface area is 166 Å². The number of halogens is 3. The Balaban J connectivity index is 1.45. The van der Waals surface area contributed by atoms with Gasteiger partial charge < -0.3 is 10.2 Å². The van der Waals surface area contributed by atoms with Crippen LogP contribution in [0.3, 0.4) is 0 Å². The van der Waals surface area contributed by atoms with Gasteiger partial charge in [0.1, 0.15) is 0 Å². The van der Waals surface area contributed by atoms with Crippen molar-refractivity contribution >= 4 is 23.5 Å². The van der Waals surface area contributed by atoms with Crippen LogP contribution in [0.1, 0.15) is 5.56 Å². The van der Waals surface area contributed by atoms with Gasteiger partial charge in [-0.15, -0.1) is 0 Å². The van der Waals surface area contributed by atoms with E-state index in [-0.39, 0.29) is 22.7 Å². The number of benzene rings is 2. The predicted molar refractivity (Wildman–Crippen MR) is 106 cm³/mol. The minimum Gasteiger partial charge on any atom is -0.322 e. The summed E-state index contributed by atoms with van der Waals surface area (Å²) in [4.78, 5) is 16.5. The molecule has 150 valence electrons. The monoisotopic (exact) mass is 409 g/mol. The summed E-state index contributed by atoms with van der Waals surface area (Å²) in [5.74, 6) is 0. The third-order valence-electron chi connectivity index (χ3n) is 4.54. The molecule has 1 fully saturated rings. The summed E-state index contributed by atoms with van der Waals surface area (Å²) in [5, 5.41) is 2.70. The van der Waals surface area contributed by atoms with Gasteiger partial charge in [-0.2, -0.15) is 13.2 Å². The van der Waals surface area contributed by atoms with Gasteiger partial charge in [0.05, 0.1) is 0 Å². The fraction of sp³-hybridized carbons (Fsp3) is 0.350. The molecule has 0 bridgehead atoms. The second-order valence-corrected chi connectivity index (χ2v) is 7.71. The number of nitrogens with zero attached hydrogens (tertiary/aromatic N) is 2. The number of anilines is 1. The fourth-order valence-corrected chi connectivity index (χ4v) is 3.68. The van der Waals surface area contributed by atoms with Crippen molar-refractivity contribution in [2.45, 2.75) is 16.8 Å². The number of carbonyl (C=O) groups is 1. The molecule has 0 unspecified atom stereocenters. The van der Waals surface area contributed by atoms with E-state index in [9.17, 15) is 18.0 Å². The van der Waals surface area contributed by atoms with Crippen LogP contribution in [0.5, 0.6) is 0 Å². The maximum Gasteiger partial charge on any atom is 0.446 e. The Kier molecular flexibility index (Phi) is 6.85. The Hall–Kier alpha value is -2.19. The first-order chi connectivity index (χ1) is 13.4. The highest BCUT2D eigenvalue weighted by molar-refractivity contribution is 8.00. The van der Waals surface area contributed by atoms with Crippen LogP contribution in [-0.4, -0.2) is 54.1 Å². The van der Waals surface area contributed by atoms with E-state index in [0.29, 0.717) is 18.8 Å². The lowest BCUT2D eigenvalue weighted by atomic mass is 10.1. The molecular formula is C20H22F3N3OS. The molecule has 1 N–H and O–H groups in total. The lowest BCUT2D eigenvalue weighted by molar-refractivity contribution is -0.0328. The van der Waals surface area contributed by atoms with Crippen molar-refractivity contribution < 1.29 is 18.0 Å². The van der Waals surface area contributed by atoms with E-state index in [4.69, 9.17) is 0 Å². The zero-order chi connectivity index (χ0) is 20.0. The Morgan fingerprint density at radius 1 is 1.00 bits per heavy atom. The minimum absolute atomic E-state index is 0.0519. The van der Waals surface area contributed by atoms with Crippen molar-refractivity contribution in [3.8, 4) is 0 Å². The lowest BCUT2D eigenvalue weighted by Gasteiger charge is -2.34. The molecule has 1 aliphatic rings. The van der Waals surface area contributed by atoms with Crippen LogP contribution in [-0.2, 0) is 6.42 Å². The predicted octanol–water partition coefficient (Wildman–Crippen LogP) is 4.69. The molecule has 0 atom stereocenters. The summed E-state index contributed by atoms with van der Waals surface area (Å²) in [5.41, 5.74) is -2.69. The van der Waals surface area contributed by atoms with Crippen LogP contribution in [0.4, 0.5) is 23.7 Å². The van der Waals surface area contributed by atoms with Crippen LogP contribution in [0.15, 0.2) is 59.5 Å². The molecule has 2 amide bonds. The normalized spacial score (nSPS) is 15.5. The van der Waals surface area contributed by atoms with Crippen molar-refractivity contribution in [2.75, 3.05) is 38.0 Å². The quantitative estimate of drug-likeness (QED) is 0.728. The number of amides is 2. The molecule has 0 spiro atoms. The highest BCUT2D eigenvalue weighted by atomic mass is 32.2. The molecule has 3 rings (SSSR count). The molecule has 1 saturated heterocycles. The summed E-state index contributed by atoms with van der Waals surface area (Å²) in [6, 6.07) is 15.8. The molecule has 2 aromatic rings. The molecule has 2 aromatic carbocycles. The molecule has 0 aliphatic carbocycles. The van der Waals surface area contributed by atoms with E-state index < -0.39 is 5.51 Å². The summed E-state index contributed by atoms with van der Waals surface area (Å²) >= 11 is -0.190. The maximum atomic E-state index is 12.5. The smallest absolute Gasteiger partial charge is 0.322 e. The molecule has 0 saturated carbocycles. The van der Waals surface area contributed by atoms with Gasteiger partial charge in [-0.25, -0.2) is 4.79 Å². The first kappa shape index (κ1) is 20.5. The maximum absolute atomic E-state index is 12.5. The second-order valence-electron chi connectivity index (χ2n) is 6.57. The zero-order valence-electron chi connectivity index (χ0n) is 15.3. The van der Waals surface area contributed by atoms with Gasteiger partial charge in [0.15, 0.2) is 0 Å². The minimum atomic E-state index is -4.35. The molecule has 28 heavy (non-hydrogen) atoms. The van der Waals surface area contributed by atoms with Crippen LogP contribution in [0.25, 0.3) is 0 Å². The summed E-state index contributed by atoms with van der Waals surface area (Å²) in [7, 11) is 0. The standard InChI is InChI=1S/C20H22F3N3OS/c21-20(22,23)28-18-8-4-7-17(15-18)24-19(27)26-13-11-25(12-14-26)10-9-16-5-2-1-3-6-16/h1-8,15H,9-14H2,(H,24,27). The van der Waals surface area contributed by atoms with Gasteiger partial charge in [-0.1, -0.05) is 36.4 Å². The molecular weight excluding hydrogens is 387 g/mol. The number of urea groups is 1. The SMILES string of the molecule is O=C(Nc1cccc(SC(F)(F)F)c1)N1CCN(CCc2ccccc2)CC1. The fourth-order valence-electron chi connectivity index (χ4n) is 3.08. The van der Waals surface area contributed by atoms with Gasteiger partial charge in [0, 0.05) is 43.3 Å². The van der Waals surface area contributed by atoms with Crippen LogP contribution >= 0.6 is 11.8 Å². The number of hydrogen-bond donors (Lipinski definition) is 1. The number of nitrogens with one attached hydrogen (secondary N) is 1. The number of piperazine rings is 1. The molecule has 0 aromatic heterocycles. The summed E-state index contributed by atoms with van der Waals surface area (Å²) in [6.07, 6.45) is 0.969. The van der Waals surface area contributed by atoms with Crippen molar-refractivity contribution in [1.29, 1.82) is 0 Å². The first-order valence-corrected chi connectivity index (χ1v) is 9.89. The first-order valence-electron chi connectivity index (χ1n) is 9.07. The van der Waals surface area contributed by atoms with Crippen LogP contribution in [0.2, 0.25) is 0 Å². The number of thioether (sulfide) groups is 1. The second kappa shape index (κ2) is 9.34. The van der Waals surface area contributed by atoms with E-state index in [0.717, 1.165) is 26.1 Å². The van der Waals surface area contributed by atoms with Gasteiger partial charge in [0.25, 0.3) is 0 Å². The van der Waals surface area contributed by atoms with Gasteiger partial charge in [-0.3, -0.25) is 4.90 Å². The van der Waals surface area contributed by atoms with Crippen molar-refractivity contribution in [3.05, 3.63) is 60.2 Å². The Bertz CT molecular complexity index is 778. The van der Waals surface area contributed by atoms with E-state index in [1.807, 2.05) is 18.2 Å². The van der Waals surface area contributed by atoms with Crippen molar-refractivity contribution in [2.24, 2.45) is 0 Å². The highest BCUT2D eigenvalue weighted by Crippen LogP contribution is 2.37. The molecule has 0 radical (unpaired) electrons. The summed E-state index contributed by atoms with van der Waals surface area (Å²) < 4.78 is 37.5. The van der Waals surface area contributed by atoms with Crippen LogP contribution < -0.4 is 5.32 Å². The zero-order valence-corrected chi connectivity index (χ0v) is 16.1. The average Bonchev–Trinajstić information content (AvgIpc) is 2.66. The Morgan fingerprint density at radius 3 is 2.39 bits per heavy atom. The van der Waals surface area contributed by atoms with Gasteiger partial charge >= 0.3 is 11.5 Å². The topological polar surface area (TPSA) is 35.6 Å². The van der Waals surface area contributed by atoms with E-state index in [1.165, 1.54) is 23.8 Å². The van der Waals surface area contributed by atoms with Crippen molar-refractivity contribution in [3.63, 3.8) is 0 Å². The average molecular weight is 409 g/mol. The van der Waals surface area contributed by atoms with Crippen molar-refractivity contribution in [1.82, 2.24) is 9.80 Å². The molecule has 4 nitrogen and oxygen atoms in total. The van der Waals surface area contributed by atoms with Crippen LogP contribution in [0, 0.1) is 0 Å².